The monoisotopic (exact) mass is 298 g/mol. The molecule has 2 N–H and O–H groups in total. The highest BCUT2D eigenvalue weighted by Gasteiger charge is 2.35. The molecule has 1 aromatic rings. The summed E-state index contributed by atoms with van der Waals surface area (Å²) in [7, 11) is -1.93. The fraction of sp³-hybridized carbons (Fsp3) is 0.571. The van der Waals surface area contributed by atoms with Gasteiger partial charge in [0.25, 0.3) is 0 Å². The second-order valence-electron chi connectivity index (χ2n) is 5.21. The molecule has 2 atom stereocenters. The first-order valence-corrected chi connectivity index (χ1v) is 8.32. The number of piperidine rings is 1. The molecule has 1 aromatic carbocycles. The Morgan fingerprint density at radius 3 is 2.50 bits per heavy atom. The zero-order valence-electron chi connectivity index (χ0n) is 12.0. The number of methoxy groups -OCH3 is 1. The van der Waals surface area contributed by atoms with Crippen LogP contribution in [0.4, 0.5) is 0 Å². The van der Waals surface area contributed by atoms with Crippen molar-refractivity contribution in [3.63, 3.8) is 0 Å². The Hall–Kier alpha value is -1.11. The minimum absolute atomic E-state index is 0.115. The fourth-order valence-corrected chi connectivity index (χ4v) is 4.41. The van der Waals surface area contributed by atoms with Crippen molar-refractivity contribution in [1.29, 1.82) is 0 Å². The molecule has 2 rings (SSSR count). The average molecular weight is 298 g/mol. The van der Waals surface area contributed by atoms with Crippen LogP contribution in [0.1, 0.15) is 26.2 Å². The molecular weight excluding hydrogens is 276 g/mol. The number of rotatable bonds is 4. The maximum absolute atomic E-state index is 12.7. The van der Waals surface area contributed by atoms with Gasteiger partial charge in [-0.15, -0.1) is 0 Å². The van der Waals surface area contributed by atoms with Gasteiger partial charge < -0.3 is 10.5 Å². The third-order valence-corrected chi connectivity index (χ3v) is 5.71. The van der Waals surface area contributed by atoms with Crippen LogP contribution in [0, 0.1) is 0 Å². The van der Waals surface area contributed by atoms with E-state index in [1.165, 1.54) is 0 Å². The molecule has 1 aliphatic heterocycles. The summed E-state index contributed by atoms with van der Waals surface area (Å²) in [6.45, 7) is 2.41. The third-order valence-electron chi connectivity index (χ3n) is 3.77. The first-order chi connectivity index (χ1) is 9.46. The van der Waals surface area contributed by atoms with Gasteiger partial charge in [0.1, 0.15) is 5.75 Å². The second-order valence-corrected chi connectivity index (χ2v) is 7.10. The van der Waals surface area contributed by atoms with Gasteiger partial charge in [-0.3, -0.25) is 0 Å². The molecule has 0 aromatic heterocycles. The van der Waals surface area contributed by atoms with Crippen LogP contribution in [-0.2, 0) is 10.0 Å². The standard InChI is InChI=1S/C14H22N2O3S/c1-11(15)14-5-3-4-10-16(14)20(17,18)13-8-6-12(19-2)7-9-13/h6-9,11,14H,3-5,10,15H2,1-2H3. The fourth-order valence-electron chi connectivity index (χ4n) is 2.64. The van der Waals surface area contributed by atoms with E-state index >= 15 is 0 Å². The summed E-state index contributed by atoms with van der Waals surface area (Å²) in [4.78, 5) is 0.297. The van der Waals surface area contributed by atoms with Crippen LogP contribution >= 0.6 is 0 Å². The zero-order valence-corrected chi connectivity index (χ0v) is 12.8. The van der Waals surface area contributed by atoms with E-state index in [9.17, 15) is 8.42 Å². The van der Waals surface area contributed by atoms with Crippen LogP contribution in [-0.4, -0.2) is 38.5 Å². The molecule has 0 amide bonds. The molecule has 0 saturated carbocycles. The van der Waals surface area contributed by atoms with Crippen LogP contribution < -0.4 is 10.5 Å². The summed E-state index contributed by atoms with van der Waals surface area (Å²) in [5.74, 6) is 0.645. The van der Waals surface area contributed by atoms with Gasteiger partial charge in [-0.1, -0.05) is 6.42 Å². The molecule has 6 heteroatoms. The molecule has 5 nitrogen and oxygen atoms in total. The van der Waals surface area contributed by atoms with Crippen molar-refractivity contribution in [2.75, 3.05) is 13.7 Å². The van der Waals surface area contributed by atoms with Crippen molar-refractivity contribution in [2.45, 2.75) is 43.2 Å². The van der Waals surface area contributed by atoms with Gasteiger partial charge in [0.05, 0.1) is 12.0 Å². The Kier molecular flexibility index (Phi) is 4.67. The molecule has 20 heavy (non-hydrogen) atoms. The highest BCUT2D eigenvalue weighted by Crippen LogP contribution is 2.27. The summed E-state index contributed by atoms with van der Waals surface area (Å²) >= 11 is 0. The number of sulfonamides is 1. The normalized spacial score (nSPS) is 22.4. The van der Waals surface area contributed by atoms with E-state index < -0.39 is 10.0 Å². The Bertz CT molecular complexity index is 540. The Balaban J connectivity index is 2.31. The van der Waals surface area contributed by atoms with Gasteiger partial charge in [0.15, 0.2) is 0 Å². The van der Waals surface area contributed by atoms with Crippen LogP contribution in [0.5, 0.6) is 5.75 Å². The van der Waals surface area contributed by atoms with Crippen LogP contribution in [0.2, 0.25) is 0 Å². The average Bonchev–Trinajstić information content (AvgIpc) is 2.47. The molecular formula is C14H22N2O3S. The van der Waals surface area contributed by atoms with Gasteiger partial charge in [-0.25, -0.2) is 8.42 Å². The Morgan fingerprint density at radius 1 is 1.30 bits per heavy atom. The van der Waals surface area contributed by atoms with E-state index in [4.69, 9.17) is 10.5 Å². The lowest BCUT2D eigenvalue weighted by molar-refractivity contribution is 0.227. The largest absolute Gasteiger partial charge is 0.497 e. The SMILES string of the molecule is COc1ccc(S(=O)(=O)N2CCCCC2C(C)N)cc1. The number of ether oxygens (including phenoxy) is 1. The van der Waals surface area contributed by atoms with E-state index in [0.717, 1.165) is 19.3 Å². The molecule has 1 fully saturated rings. The minimum atomic E-state index is -3.48. The molecule has 0 radical (unpaired) electrons. The minimum Gasteiger partial charge on any atom is -0.497 e. The number of benzene rings is 1. The highest BCUT2D eigenvalue weighted by atomic mass is 32.2. The first kappa shape index (κ1) is 15.3. The molecule has 112 valence electrons. The summed E-state index contributed by atoms with van der Waals surface area (Å²) < 4.78 is 32.1. The summed E-state index contributed by atoms with van der Waals surface area (Å²) in [5, 5.41) is 0. The Labute approximate surface area is 120 Å². The van der Waals surface area contributed by atoms with E-state index in [0.29, 0.717) is 17.2 Å². The summed E-state index contributed by atoms with van der Waals surface area (Å²) in [5.41, 5.74) is 5.95. The van der Waals surface area contributed by atoms with Crippen molar-refractivity contribution in [2.24, 2.45) is 5.73 Å². The van der Waals surface area contributed by atoms with Gasteiger partial charge in [-0.2, -0.15) is 4.31 Å². The molecule has 0 bridgehead atoms. The molecule has 0 aliphatic carbocycles. The molecule has 1 saturated heterocycles. The van der Waals surface area contributed by atoms with E-state index in [-0.39, 0.29) is 12.1 Å². The first-order valence-electron chi connectivity index (χ1n) is 6.88. The highest BCUT2D eigenvalue weighted by molar-refractivity contribution is 7.89. The predicted molar refractivity (Wildman–Crippen MR) is 78.2 cm³/mol. The van der Waals surface area contributed by atoms with E-state index in [2.05, 4.69) is 0 Å². The molecule has 2 unspecified atom stereocenters. The lowest BCUT2D eigenvalue weighted by atomic mass is 10.00. The van der Waals surface area contributed by atoms with Gasteiger partial charge in [0.2, 0.25) is 10.0 Å². The van der Waals surface area contributed by atoms with Gasteiger partial charge >= 0.3 is 0 Å². The van der Waals surface area contributed by atoms with Crippen LogP contribution in [0.15, 0.2) is 29.2 Å². The van der Waals surface area contributed by atoms with Crippen molar-refractivity contribution < 1.29 is 13.2 Å². The van der Waals surface area contributed by atoms with Gasteiger partial charge in [-0.05, 0) is 44.0 Å². The molecule has 1 heterocycles. The van der Waals surface area contributed by atoms with E-state index in [1.54, 1.807) is 35.7 Å². The van der Waals surface area contributed by atoms with Crippen molar-refractivity contribution in [3.8, 4) is 5.75 Å². The van der Waals surface area contributed by atoms with Crippen molar-refractivity contribution in [1.82, 2.24) is 4.31 Å². The maximum atomic E-state index is 12.7. The van der Waals surface area contributed by atoms with Crippen molar-refractivity contribution >= 4 is 10.0 Å². The number of hydrogen-bond donors (Lipinski definition) is 1. The maximum Gasteiger partial charge on any atom is 0.243 e. The zero-order chi connectivity index (χ0) is 14.8. The quantitative estimate of drug-likeness (QED) is 0.916. The van der Waals surface area contributed by atoms with Crippen LogP contribution in [0.25, 0.3) is 0 Å². The second kappa shape index (κ2) is 6.11. The lowest BCUT2D eigenvalue weighted by Crippen LogP contribution is -2.51. The summed E-state index contributed by atoms with van der Waals surface area (Å²) in [6.07, 6.45) is 2.74. The lowest BCUT2D eigenvalue weighted by Gasteiger charge is -2.36. The van der Waals surface area contributed by atoms with Crippen molar-refractivity contribution in [3.05, 3.63) is 24.3 Å². The number of nitrogens with zero attached hydrogens (tertiary/aromatic N) is 1. The van der Waals surface area contributed by atoms with Gasteiger partial charge in [0, 0.05) is 18.6 Å². The number of nitrogens with two attached hydrogens (primary N) is 1. The van der Waals surface area contributed by atoms with Crippen LogP contribution in [0.3, 0.4) is 0 Å². The molecule has 1 aliphatic rings. The summed E-state index contributed by atoms with van der Waals surface area (Å²) in [6, 6.07) is 6.22. The Morgan fingerprint density at radius 2 is 1.95 bits per heavy atom. The predicted octanol–water partition coefficient (Wildman–Crippen LogP) is 1.59. The smallest absolute Gasteiger partial charge is 0.243 e. The number of hydrogen-bond acceptors (Lipinski definition) is 4. The molecule has 0 spiro atoms. The topological polar surface area (TPSA) is 72.6 Å². The van der Waals surface area contributed by atoms with E-state index in [1.807, 2.05) is 6.92 Å². The third kappa shape index (κ3) is 2.97.